The highest BCUT2D eigenvalue weighted by Gasteiger charge is 2.19. The molecule has 0 saturated carbocycles. The fraction of sp³-hybridized carbons (Fsp3) is 0.571. The van der Waals surface area contributed by atoms with Crippen LogP contribution in [0, 0.1) is 17.0 Å². The van der Waals surface area contributed by atoms with Gasteiger partial charge in [-0.2, -0.15) is 0 Å². The second-order valence-corrected chi connectivity index (χ2v) is 5.16. The van der Waals surface area contributed by atoms with Gasteiger partial charge in [-0.15, -0.1) is 0 Å². The molecule has 1 aliphatic rings. The molecule has 0 aromatic heterocycles. The van der Waals surface area contributed by atoms with Crippen molar-refractivity contribution >= 4 is 5.69 Å². The standard InChI is InChI=1S/C14H21N3O3/c1-12-13(3-2-4-14(12)17(19)20)11-16-7-5-15(6-8-16)9-10-18/h2-4,18H,5-11H2,1H3. The highest BCUT2D eigenvalue weighted by Crippen LogP contribution is 2.22. The fourth-order valence-electron chi connectivity index (χ4n) is 2.59. The number of hydrogen-bond donors (Lipinski definition) is 1. The lowest BCUT2D eigenvalue weighted by atomic mass is 10.1. The molecule has 20 heavy (non-hydrogen) atoms. The van der Waals surface area contributed by atoms with Crippen molar-refractivity contribution in [2.24, 2.45) is 0 Å². The maximum absolute atomic E-state index is 10.9. The third-order valence-corrected chi connectivity index (χ3v) is 3.89. The number of rotatable bonds is 5. The first kappa shape index (κ1) is 14.9. The van der Waals surface area contributed by atoms with Crippen molar-refractivity contribution in [2.45, 2.75) is 13.5 Å². The molecule has 1 aliphatic heterocycles. The van der Waals surface area contributed by atoms with Gasteiger partial charge in [0.1, 0.15) is 0 Å². The SMILES string of the molecule is Cc1c(CN2CCN(CCO)CC2)cccc1[N+](=O)[O-]. The molecule has 1 heterocycles. The zero-order chi connectivity index (χ0) is 14.5. The van der Waals surface area contributed by atoms with E-state index in [1.54, 1.807) is 12.1 Å². The summed E-state index contributed by atoms with van der Waals surface area (Å²) in [6, 6.07) is 5.27. The first-order valence-corrected chi connectivity index (χ1v) is 6.90. The molecule has 0 radical (unpaired) electrons. The molecule has 1 N–H and O–H groups in total. The third kappa shape index (κ3) is 3.53. The number of β-amino-alcohol motifs (C(OH)–C–C–N with tert-alkyl or cyclic N) is 1. The van der Waals surface area contributed by atoms with Crippen molar-refractivity contribution < 1.29 is 10.0 Å². The van der Waals surface area contributed by atoms with Crippen LogP contribution in [-0.4, -0.2) is 59.2 Å². The Morgan fingerprint density at radius 2 is 1.90 bits per heavy atom. The molecule has 2 rings (SSSR count). The van der Waals surface area contributed by atoms with Crippen molar-refractivity contribution in [3.05, 3.63) is 39.4 Å². The van der Waals surface area contributed by atoms with E-state index in [4.69, 9.17) is 5.11 Å². The monoisotopic (exact) mass is 279 g/mol. The van der Waals surface area contributed by atoms with Gasteiger partial charge in [0.2, 0.25) is 0 Å². The van der Waals surface area contributed by atoms with Crippen molar-refractivity contribution in [3.8, 4) is 0 Å². The quantitative estimate of drug-likeness (QED) is 0.643. The lowest BCUT2D eigenvalue weighted by Gasteiger charge is -2.34. The minimum Gasteiger partial charge on any atom is -0.395 e. The zero-order valence-electron chi connectivity index (χ0n) is 11.8. The van der Waals surface area contributed by atoms with Gasteiger partial charge in [0.15, 0.2) is 0 Å². The van der Waals surface area contributed by atoms with E-state index in [9.17, 15) is 10.1 Å². The van der Waals surface area contributed by atoms with Crippen molar-refractivity contribution in [1.82, 2.24) is 9.80 Å². The van der Waals surface area contributed by atoms with Crippen LogP contribution in [0.4, 0.5) is 5.69 Å². The lowest BCUT2D eigenvalue weighted by Crippen LogP contribution is -2.46. The van der Waals surface area contributed by atoms with Gasteiger partial charge < -0.3 is 5.11 Å². The Bertz CT molecular complexity index is 471. The van der Waals surface area contributed by atoms with Gasteiger partial charge in [0, 0.05) is 50.9 Å². The molecule has 6 heteroatoms. The van der Waals surface area contributed by atoms with E-state index >= 15 is 0 Å². The lowest BCUT2D eigenvalue weighted by molar-refractivity contribution is -0.385. The van der Waals surface area contributed by atoms with Crippen molar-refractivity contribution in [1.29, 1.82) is 0 Å². The summed E-state index contributed by atoms with van der Waals surface area (Å²) in [5, 5.41) is 19.9. The molecule has 1 aromatic rings. The largest absolute Gasteiger partial charge is 0.395 e. The minimum atomic E-state index is -0.321. The number of aliphatic hydroxyl groups is 1. The Kier molecular flexibility index (Phi) is 5.05. The molecule has 1 saturated heterocycles. The Labute approximate surface area is 118 Å². The zero-order valence-corrected chi connectivity index (χ0v) is 11.8. The smallest absolute Gasteiger partial charge is 0.272 e. The van der Waals surface area contributed by atoms with E-state index in [0.29, 0.717) is 0 Å². The van der Waals surface area contributed by atoms with Gasteiger partial charge >= 0.3 is 0 Å². The summed E-state index contributed by atoms with van der Waals surface area (Å²) >= 11 is 0. The van der Waals surface area contributed by atoms with E-state index in [1.807, 2.05) is 13.0 Å². The van der Waals surface area contributed by atoms with Crippen LogP contribution in [0.1, 0.15) is 11.1 Å². The predicted molar refractivity (Wildman–Crippen MR) is 76.6 cm³/mol. The third-order valence-electron chi connectivity index (χ3n) is 3.89. The number of hydrogen-bond acceptors (Lipinski definition) is 5. The van der Waals surface area contributed by atoms with Gasteiger partial charge in [-0.05, 0) is 12.5 Å². The number of benzene rings is 1. The number of nitrogens with zero attached hydrogens (tertiary/aromatic N) is 3. The molecule has 0 atom stereocenters. The molecule has 0 bridgehead atoms. The maximum atomic E-state index is 10.9. The van der Waals surface area contributed by atoms with Crippen LogP contribution < -0.4 is 0 Å². The molecule has 0 aliphatic carbocycles. The second kappa shape index (κ2) is 6.78. The molecule has 6 nitrogen and oxygen atoms in total. The summed E-state index contributed by atoms with van der Waals surface area (Å²) in [7, 11) is 0. The molecular formula is C14H21N3O3. The van der Waals surface area contributed by atoms with Gasteiger partial charge in [-0.1, -0.05) is 12.1 Å². The first-order chi connectivity index (χ1) is 9.61. The number of piperazine rings is 1. The van der Waals surface area contributed by atoms with E-state index in [2.05, 4.69) is 9.80 Å². The first-order valence-electron chi connectivity index (χ1n) is 6.90. The molecule has 1 fully saturated rings. The highest BCUT2D eigenvalue weighted by atomic mass is 16.6. The average Bonchev–Trinajstić information content (AvgIpc) is 2.43. The molecule has 110 valence electrons. The summed E-state index contributed by atoms with van der Waals surface area (Å²) in [4.78, 5) is 15.2. The molecule has 0 unspecified atom stereocenters. The maximum Gasteiger partial charge on any atom is 0.272 e. The predicted octanol–water partition coefficient (Wildman–Crippen LogP) is 1.01. The number of nitro benzene ring substituents is 1. The van der Waals surface area contributed by atoms with E-state index in [-0.39, 0.29) is 17.2 Å². The van der Waals surface area contributed by atoms with Crippen molar-refractivity contribution in [3.63, 3.8) is 0 Å². The summed E-state index contributed by atoms with van der Waals surface area (Å²) in [6.45, 7) is 7.23. The summed E-state index contributed by atoms with van der Waals surface area (Å²) < 4.78 is 0. The molecule has 0 amide bonds. The van der Waals surface area contributed by atoms with E-state index in [0.717, 1.165) is 50.4 Å². The summed E-state index contributed by atoms with van der Waals surface area (Å²) in [5.41, 5.74) is 1.98. The molecule has 1 aromatic carbocycles. The van der Waals surface area contributed by atoms with Crippen LogP contribution >= 0.6 is 0 Å². The van der Waals surface area contributed by atoms with Crippen LogP contribution in [-0.2, 0) is 6.54 Å². The van der Waals surface area contributed by atoms with Crippen molar-refractivity contribution in [2.75, 3.05) is 39.3 Å². The van der Waals surface area contributed by atoms with E-state index in [1.165, 1.54) is 0 Å². The Hall–Kier alpha value is -1.50. The Morgan fingerprint density at radius 3 is 2.50 bits per heavy atom. The van der Waals surface area contributed by atoms with Crippen LogP contribution in [0.5, 0.6) is 0 Å². The Morgan fingerprint density at radius 1 is 1.25 bits per heavy atom. The van der Waals surface area contributed by atoms with Crippen LogP contribution in [0.15, 0.2) is 18.2 Å². The van der Waals surface area contributed by atoms with Gasteiger partial charge in [0.25, 0.3) is 5.69 Å². The van der Waals surface area contributed by atoms with Gasteiger partial charge in [-0.25, -0.2) is 0 Å². The normalized spacial score (nSPS) is 17.3. The average molecular weight is 279 g/mol. The number of aliphatic hydroxyl groups excluding tert-OH is 1. The van der Waals surface area contributed by atoms with Crippen LogP contribution in [0.2, 0.25) is 0 Å². The van der Waals surface area contributed by atoms with Gasteiger partial charge in [-0.3, -0.25) is 19.9 Å². The second-order valence-electron chi connectivity index (χ2n) is 5.16. The molecular weight excluding hydrogens is 258 g/mol. The van der Waals surface area contributed by atoms with Crippen LogP contribution in [0.3, 0.4) is 0 Å². The van der Waals surface area contributed by atoms with Gasteiger partial charge in [0.05, 0.1) is 11.5 Å². The molecule has 0 spiro atoms. The van der Waals surface area contributed by atoms with E-state index < -0.39 is 0 Å². The summed E-state index contributed by atoms with van der Waals surface area (Å²) in [5.74, 6) is 0. The van der Waals surface area contributed by atoms with Crippen LogP contribution in [0.25, 0.3) is 0 Å². The Balaban J connectivity index is 1.98. The highest BCUT2D eigenvalue weighted by molar-refractivity contribution is 5.44. The minimum absolute atomic E-state index is 0.196. The number of nitro groups is 1. The summed E-state index contributed by atoms with van der Waals surface area (Å²) in [6.07, 6.45) is 0. The topological polar surface area (TPSA) is 69.8 Å². The fourth-order valence-corrected chi connectivity index (χ4v) is 2.59.